The Morgan fingerprint density at radius 1 is 1.31 bits per heavy atom. The minimum Gasteiger partial charge on any atom is -0.453 e. The van der Waals surface area contributed by atoms with Crippen molar-refractivity contribution in [2.75, 3.05) is 0 Å². The molecule has 16 heavy (non-hydrogen) atoms. The molecule has 0 fully saturated rings. The van der Waals surface area contributed by atoms with Gasteiger partial charge in [0.05, 0.1) is 6.26 Å². The van der Waals surface area contributed by atoms with Crippen LogP contribution < -0.4 is 0 Å². The van der Waals surface area contributed by atoms with Crippen LogP contribution in [0, 0.1) is 0 Å². The van der Waals surface area contributed by atoms with Crippen LogP contribution in [0.4, 0.5) is 0 Å². The highest BCUT2D eigenvalue weighted by molar-refractivity contribution is 9.10. The van der Waals surface area contributed by atoms with Gasteiger partial charge in [0.2, 0.25) is 0 Å². The van der Waals surface area contributed by atoms with Gasteiger partial charge in [-0.25, -0.2) is 0 Å². The Hall–Kier alpha value is -0.250. The van der Waals surface area contributed by atoms with Crippen LogP contribution in [-0.4, -0.2) is 0 Å². The lowest BCUT2D eigenvalue weighted by Gasteiger charge is -2.08. The molecule has 0 aliphatic heterocycles. The second kappa shape index (κ2) is 5.39. The molecule has 0 saturated carbocycles. The van der Waals surface area contributed by atoms with E-state index in [9.17, 15) is 0 Å². The zero-order valence-corrected chi connectivity index (χ0v) is 12.2. The van der Waals surface area contributed by atoms with Gasteiger partial charge in [-0.15, -0.1) is 0 Å². The van der Waals surface area contributed by atoms with Crippen molar-refractivity contribution in [1.82, 2.24) is 0 Å². The van der Waals surface area contributed by atoms with Crippen molar-refractivity contribution in [3.8, 4) is 0 Å². The molecule has 84 valence electrons. The van der Waals surface area contributed by atoms with E-state index in [1.165, 1.54) is 5.56 Å². The molecule has 1 heterocycles. The number of hydrogen-bond donors (Lipinski definition) is 0. The van der Waals surface area contributed by atoms with E-state index in [0.717, 1.165) is 16.5 Å². The van der Waals surface area contributed by atoms with Crippen molar-refractivity contribution in [3.63, 3.8) is 0 Å². The summed E-state index contributed by atoms with van der Waals surface area (Å²) in [6, 6.07) is 10.1. The van der Waals surface area contributed by atoms with Crippen LogP contribution in [0.15, 0.2) is 45.5 Å². The number of hydrogen-bond acceptors (Lipinski definition) is 1. The van der Waals surface area contributed by atoms with E-state index in [2.05, 4.69) is 44.0 Å². The van der Waals surface area contributed by atoms with Crippen LogP contribution in [0.3, 0.4) is 0 Å². The zero-order chi connectivity index (χ0) is 11.5. The predicted molar refractivity (Wildman–Crippen MR) is 73.2 cm³/mol. The molecule has 1 nitrogen and oxygen atoms in total. The van der Waals surface area contributed by atoms with E-state index in [-0.39, 0.29) is 4.83 Å². The minimum absolute atomic E-state index is 0.174. The maximum Gasteiger partial charge on any atom is 0.197 e. The van der Waals surface area contributed by atoms with Crippen molar-refractivity contribution < 1.29 is 4.42 Å². The molecule has 0 spiro atoms. The molecule has 0 saturated heterocycles. The van der Waals surface area contributed by atoms with Gasteiger partial charge in [-0.1, -0.05) is 44.0 Å². The first kappa shape index (κ1) is 12.2. The number of furan rings is 1. The van der Waals surface area contributed by atoms with Crippen molar-refractivity contribution >= 4 is 43.5 Å². The van der Waals surface area contributed by atoms with Gasteiger partial charge >= 0.3 is 0 Å². The molecule has 2 rings (SSSR count). The number of alkyl halides is 1. The van der Waals surface area contributed by atoms with Crippen LogP contribution in [0.1, 0.15) is 16.0 Å². The highest BCUT2D eigenvalue weighted by Crippen LogP contribution is 2.33. The summed E-state index contributed by atoms with van der Waals surface area (Å²) in [4.78, 5) is 0.174. The van der Waals surface area contributed by atoms with Crippen LogP contribution in [0.5, 0.6) is 0 Å². The Balaban J connectivity index is 2.14. The lowest BCUT2D eigenvalue weighted by atomic mass is 10.1. The Labute approximate surface area is 116 Å². The SMILES string of the molecule is Clc1occc1C(Br)Cc1cccc(Br)c1. The van der Waals surface area contributed by atoms with Crippen molar-refractivity contribution in [2.45, 2.75) is 11.2 Å². The molecule has 1 aromatic carbocycles. The van der Waals surface area contributed by atoms with Crippen LogP contribution in [0.2, 0.25) is 5.22 Å². The molecule has 1 unspecified atom stereocenters. The van der Waals surface area contributed by atoms with Crippen molar-refractivity contribution in [2.24, 2.45) is 0 Å². The number of benzene rings is 1. The fourth-order valence-electron chi connectivity index (χ4n) is 1.51. The van der Waals surface area contributed by atoms with E-state index in [1.807, 2.05) is 18.2 Å². The third-order valence-corrected chi connectivity index (χ3v) is 3.91. The average Bonchev–Trinajstić information content (AvgIpc) is 2.64. The standard InChI is InChI=1S/C12H9Br2ClO/c13-9-3-1-2-8(6-9)7-11(14)10-4-5-16-12(10)15/h1-6,11H,7H2. The van der Waals surface area contributed by atoms with Gasteiger partial charge < -0.3 is 4.42 Å². The lowest BCUT2D eigenvalue weighted by Crippen LogP contribution is -1.94. The van der Waals surface area contributed by atoms with E-state index < -0.39 is 0 Å². The van der Waals surface area contributed by atoms with E-state index in [1.54, 1.807) is 6.26 Å². The predicted octanol–water partition coefficient (Wildman–Crippen LogP) is 5.37. The summed E-state index contributed by atoms with van der Waals surface area (Å²) in [5.41, 5.74) is 2.23. The summed E-state index contributed by atoms with van der Waals surface area (Å²) in [5, 5.41) is 0.455. The Morgan fingerprint density at radius 3 is 2.75 bits per heavy atom. The molecule has 1 atom stereocenters. The van der Waals surface area contributed by atoms with Crippen LogP contribution in [0.25, 0.3) is 0 Å². The second-order valence-corrected chi connectivity index (χ2v) is 5.82. The van der Waals surface area contributed by atoms with Crippen molar-refractivity contribution in [1.29, 1.82) is 0 Å². The molecule has 4 heteroatoms. The molecule has 0 aliphatic carbocycles. The molecular weight excluding hydrogens is 355 g/mol. The molecule has 2 aromatic rings. The normalized spacial score (nSPS) is 12.7. The van der Waals surface area contributed by atoms with Gasteiger partial charge in [0.25, 0.3) is 0 Å². The highest BCUT2D eigenvalue weighted by atomic mass is 79.9. The largest absolute Gasteiger partial charge is 0.453 e. The average molecular weight is 364 g/mol. The monoisotopic (exact) mass is 362 g/mol. The molecule has 0 amide bonds. The molecule has 0 N–H and O–H groups in total. The first-order chi connectivity index (χ1) is 7.66. The molecule has 0 radical (unpaired) electrons. The zero-order valence-electron chi connectivity index (χ0n) is 8.29. The fourth-order valence-corrected chi connectivity index (χ4v) is 3.07. The van der Waals surface area contributed by atoms with Gasteiger partial charge in [-0.05, 0) is 41.8 Å². The number of rotatable bonds is 3. The van der Waals surface area contributed by atoms with Gasteiger partial charge in [-0.2, -0.15) is 0 Å². The van der Waals surface area contributed by atoms with Crippen LogP contribution in [-0.2, 0) is 6.42 Å². The fraction of sp³-hybridized carbons (Fsp3) is 0.167. The first-order valence-electron chi connectivity index (χ1n) is 4.78. The lowest BCUT2D eigenvalue weighted by molar-refractivity contribution is 0.565. The van der Waals surface area contributed by atoms with Gasteiger partial charge in [0.1, 0.15) is 0 Å². The summed E-state index contributed by atoms with van der Waals surface area (Å²) < 4.78 is 6.16. The summed E-state index contributed by atoms with van der Waals surface area (Å²) >= 11 is 13.0. The quantitative estimate of drug-likeness (QED) is 0.667. The smallest absolute Gasteiger partial charge is 0.197 e. The van der Waals surface area contributed by atoms with Crippen LogP contribution >= 0.6 is 43.5 Å². The molecule has 0 bridgehead atoms. The third kappa shape index (κ3) is 2.90. The Kier molecular flexibility index (Phi) is 4.11. The van der Waals surface area contributed by atoms with E-state index in [0.29, 0.717) is 5.22 Å². The molecule has 0 aliphatic rings. The van der Waals surface area contributed by atoms with Gasteiger partial charge in [0, 0.05) is 14.9 Å². The second-order valence-electron chi connectivity index (χ2n) is 3.45. The van der Waals surface area contributed by atoms with E-state index in [4.69, 9.17) is 16.0 Å². The molecular formula is C12H9Br2ClO. The summed E-state index contributed by atoms with van der Waals surface area (Å²) in [5.74, 6) is 0. The Morgan fingerprint density at radius 2 is 2.12 bits per heavy atom. The van der Waals surface area contributed by atoms with Crippen molar-refractivity contribution in [3.05, 3.63) is 57.4 Å². The maximum atomic E-state index is 5.93. The van der Waals surface area contributed by atoms with Gasteiger partial charge in [0.15, 0.2) is 5.22 Å². The van der Waals surface area contributed by atoms with E-state index >= 15 is 0 Å². The molecule has 1 aromatic heterocycles. The topological polar surface area (TPSA) is 13.1 Å². The van der Waals surface area contributed by atoms with Gasteiger partial charge in [-0.3, -0.25) is 0 Å². The summed E-state index contributed by atoms with van der Waals surface area (Å²) in [7, 11) is 0. The highest BCUT2D eigenvalue weighted by Gasteiger charge is 2.14. The number of halogens is 3. The minimum atomic E-state index is 0.174. The maximum absolute atomic E-state index is 5.93. The summed E-state index contributed by atoms with van der Waals surface area (Å²) in [6.07, 6.45) is 2.48. The summed E-state index contributed by atoms with van der Waals surface area (Å²) in [6.45, 7) is 0. The Bertz CT molecular complexity index is 481. The third-order valence-electron chi connectivity index (χ3n) is 2.29. The first-order valence-corrected chi connectivity index (χ1v) is 6.87.